The van der Waals surface area contributed by atoms with Crippen molar-refractivity contribution in [3.05, 3.63) is 89.6 Å². The van der Waals surface area contributed by atoms with Gasteiger partial charge in [-0.1, -0.05) is 51.0 Å². The Hall–Kier alpha value is -3.25. The molecule has 2 aromatic rings. The molecule has 1 aliphatic rings. The van der Waals surface area contributed by atoms with Crippen LogP contribution in [-0.4, -0.2) is 15.8 Å². The van der Waals surface area contributed by atoms with Crippen molar-refractivity contribution >= 4 is 11.4 Å². The predicted molar refractivity (Wildman–Crippen MR) is 143 cm³/mol. The molecule has 0 aromatic carbocycles. The lowest BCUT2D eigenvalue weighted by Crippen LogP contribution is -2.07. The Labute approximate surface area is 206 Å². The first-order valence-electron chi connectivity index (χ1n) is 12.5. The van der Waals surface area contributed by atoms with Gasteiger partial charge in [-0.15, -0.1) is 12.3 Å². The molecule has 2 aromatic heterocycles. The van der Waals surface area contributed by atoms with Gasteiger partial charge in [0, 0.05) is 42.7 Å². The lowest BCUT2D eigenvalue weighted by Gasteiger charge is -2.14. The van der Waals surface area contributed by atoms with Gasteiger partial charge in [-0.25, -0.2) is 0 Å². The van der Waals surface area contributed by atoms with E-state index in [2.05, 4.69) is 61.0 Å². The van der Waals surface area contributed by atoms with E-state index in [-0.39, 0.29) is 11.7 Å². The van der Waals surface area contributed by atoms with Crippen LogP contribution in [0.25, 0.3) is 5.57 Å². The van der Waals surface area contributed by atoms with Crippen molar-refractivity contribution in [1.29, 1.82) is 0 Å². The predicted octanol–water partition coefficient (Wildman–Crippen LogP) is 7.81. The van der Waals surface area contributed by atoms with Crippen LogP contribution in [0.3, 0.4) is 0 Å². The lowest BCUT2D eigenvalue weighted by atomic mass is 9.90. The van der Waals surface area contributed by atoms with Crippen LogP contribution in [0.5, 0.6) is 0 Å². The molecule has 1 aliphatic carbocycles. The molecule has 3 rings (SSSR count). The molecule has 0 atom stereocenters. The second-order valence-electron chi connectivity index (χ2n) is 8.48. The van der Waals surface area contributed by atoms with E-state index < -0.39 is 0 Å². The van der Waals surface area contributed by atoms with Crippen LogP contribution < -0.4 is 0 Å². The summed E-state index contributed by atoms with van der Waals surface area (Å²) in [5, 5.41) is 0. The number of ketones is 1. The number of terminal acetylenes is 1. The van der Waals surface area contributed by atoms with Crippen molar-refractivity contribution in [2.45, 2.75) is 72.1 Å². The van der Waals surface area contributed by atoms with Crippen LogP contribution in [0.1, 0.15) is 87.2 Å². The average molecular weight is 455 g/mol. The van der Waals surface area contributed by atoms with E-state index in [9.17, 15) is 4.79 Å². The normalized spacial score (nSPS) is 13.8. The topological polar surface area (TPSA) is 42.9 Å². The minimum Gasteiger partial charge on any atom is -0.294 e. The average Bonchev–Trinajstić information content (AvgIpc) is 3.72. The van der Waals surface area contributed by atoms with Crippen molar-refractivity contribution < 1.29 is 4.79 Å². The number of hydrogen-bond donors (Lipinski definition) is 0. The van der Waals surface area contributed by atoms with E-state index in [1.165, 1.54) is 5.56 Å². The molecule has 3 nitrogen and oxygen atoms in total. The highest BCUT2D eigenvalue weighted by molar-refractivity contribution is 6.04. The second-order valence-corrected chi connectivity index (χ2v) is 8.48. The van der Waals surface area contributed by atoms with Crippen molar-refractivity contribution in [2.75, 3.05) is 0 Å². The molecule has 0 spiro atoms. The molecule has 0 amide bonds. The second kappa shape index (κ2) is 15.6. The number of nitrogens with zero attached hydrogens (tertiary/aromatic N) is 2. The van der Waals surface area contributed by atoms with Crippen molar-refractivity contribution in [1.82, 2.24) is 9.97 Å². The van der Waals surface area contributed by atoms with Crippen LogP contribution in [0.15, 0.2) is 72.9 Å². The molecular formula is C31H38N2O. The number of Topliss-reactive ketones (excluding diaryl/α,β-unsaturated/α-hetero) is 1. The maximum absolute atomic E-state index is 12.9. The zero-order valence-corrected chi connectivity index (χ0v) is 21.0. The lowest BCUT2D eigenvalue weighted by molar-refractivity contribution is 0.0967. The first kappa shape index (κ1) is 27.0. The SMILES string of the molecule is C#CCCC.C/C=C(\C=C/Cc1ccncc1)C(=C/CCCC)/c1ccncc1C(=O)C1CC1. The summed E-state index contributed by atoms with van der Waals surface area (Å²) in [6, 6.07) is 6.06. The molecular weight excluding hydrogens is 416 g/mol. The first-order chi connectivity index (χ1) is 16.7. The van der Waals surface area contributed by atoms with Gasteiger partial charge in [-0.05, 0) is 79.5 Å². The van der Waals surface area contributed by atoms with Crippen molar-refractivity contribution in [3.63, 3.8) is 0 Å². The molecule has 1 saturated carbocycles. The number of carbonyl (C=O) groups excluding carboxylic acids is 1. The number of allylic oxidation sites excluding steroid dienone is 6. The Balaban J connectivity index is 0.000000739. The molecule has 0 radical (unpaired) electrons. The van der Waals surface area contributed by atoms with E-state index >= 15 is 0 Å². The summed E-state index contributed by atoms with van der Waals surface area (Å²) < 4.78 is 0. The zero-order valence-electron chi connectivity index (χ0n) is 21.0. The third-order valence-electron chi connectivity index (χ3n) is 5.65. The van der Waals surface area contributed by atoms with Gasteiger partial charge in [0.15, 0.2) is 5.78 Å². The maximum atomic E-state index is 12.9. The Morgan fingerprint density at radius 2 is 1.82 bits per heavy atom. The molecule has 3 heteroatoms. The Morgan fingerprint density at radius 1 is 1.09 bits per heavy atom. The molecule has 0 aliphatic heterocycles. The minimum atomic E-state index is 0.186. The van der Waals surface area contributed by atoms with E-state index in [0.29, 0.717) is 0 Å². The Kier molecular flexibility index (Phi) is 12.4. The number of hydrogen-bond acceptors (Lipinski definition) is 3. The third-order valence-corrected chi connectivity index (χ3v) is 5.65. The quantitative estimate of drug-likeness (QED) is 0.150. The minimum absolute atomic E-state index is 0.186. The number of carbonyl (C=O) groups is 1. The fraction of sp³-hybridized carbons (Fsp3) is 0.387. The molecule has 2 heterocycles. The van der Waals surface area contributed by atoms with Gasteiger partial charge in [-0.3, -0.25) is 14.8 Å². The molecule has 0 saturated heterocycles. The molecule has 0 N–H and O–H groups in total. The fourth-order valence-corrected chi connectivity index (χ4v) is 3.55. The van der Waals surface area contributed by atoms with Gasteiger partial charge in [0.2, 0.25) is 0 Å². The van der Waals surface area contributed by atoms with Crippen LogP contribution in [0, 0.1) is 18.3 Å². The summed E-state index contributed by atoms with van der Waals surface area (Å²) in [4.78, 5) is 21.2. The maximum Gasteiger partial charge on any atom is 0.168 e. The monoisotopic (exact) mass is 454 g/mol. The summed E-state index contributed by atoms with van der Waals surface area (Å²) in [7, 11) is 0. The number of aromatic nitrogens is 2. The molecule has 1 fully saturated rings. The summed E-state index contributed by atoms with van der Waals surface area (Å²) in [5.41, 5.74) is 5.29. The smallest absolute Gasteiger partial charge is 0.168 e. The molecule has 34 heavy (non-hydrogen) atoms. The number of unbranched alkanes of at least 4 members (excludes halogenated alkanes) is 3. The number of rotatable bonds is 11. The Bertz CT molecular complexity index is 1020. The van der Waals surface area contributed by atoms with E-state index in [1.807, 2.05) is 30.6 Å². The highest BCUT2D eigenvalue weighted by Crippen LogP contribution is 2.36. The fourth-order valence-electron chi connectivity index (χ4n) is 3.55. The van der Waals surface area contributed by atoms with Gasteiger partial charge >= 0.3 is 0 Å². The standard InChI is InChI=1S/C26H30N2O.C5H8/c1-3-5-6-10-23(21(4-2)9-7-8-20-13-16-27-17-14-20)24-15-18-28-19-25(24)26(29)22-11-12-22;1-3-5-4-2/h4,7,9-10,13-19,22H,3,5-6,8,11-12H2,1-2H3;1H,4-5H2,2H3/b9-7-,21-4+,23-10-;. The van der Waals surface area contributed by atoms with Crippen molar-refractivity contribution in [3.8, 4) is 12.3 Å². The summed E-state index contributed by atoms with van der Waals surface area (Å²) in [5.74, 6) is 2.94. The van der Waals surface area contributed by atoms with E-state index in [1.54, 1.807) is 12.4 Å². The van der Waals surface area contributed by atoms with Crippen LogP contribution in [-0.2, 0) is 6.42 Å². The van der Waals surface area contributed by atoms with Crippen molar-refractivity contribution in [2.24, 2.45) is 5.92 Å². The first-order valence-corrected chi connectivity index (χ1v) is 12.5. The van der Waals surface area contributed by atoms with Crippen LogP contribution in [0.4, 0.5) is 0 Å². The summed E-state index contributed by atoms with van der Waals surface area (Å²) in [6.07, 6.45) is 29.0. The summed E-state index contributed by atoms with van der Waals surface area (Å²) in [6.45, 7) is 6.33. The van der Waals surface area contributed by atoms with E-state index in [0.717, 1.165) is 73.6 Å². The largest absolute Gasteiger partial charge is 0.294 e. The summed E-state index contributed by atoms with van der Waals surface area (Å²) >= 11 is 0. The zero-order chi connectivity index (χ0) is 24.6. The van der Waals surface area contributed by atoms with Crippen LogP contribution >= 0.6 is 0 Å². The molecule has 178 valence electrons. The van der Waals surface area contributed by atoms with Gasteiger partial charge in [0.25, 0.3) is 0 Å². The van der Waals surface area contributed by atoms with Gasteiger partial charge in [-0.2, -0.15) is 0 Å². The van der Waals surface area contributed by atoms with Gasteiger partial charge in [0.05, 0.1) is 0 Å². The van der Waals surface area contributed by atoms with Crippen LogP contribution in [0.2, 0.25) is 0 Å². The van der Waals surface area contributed by atoms with Gasteiger partial charge in [0.1, 0.15) is 0 Å². The molecule has 0 bridgehead atoms. The van der Waals surface area contributed by atoms with E-state index in [4.69, 9.17) is 6.42 Å². The Morgan fingerprint density at radius 3 is 2.41 bits per heavy atom. The highest BCUT2D eigenvalue weighted by Gasteiger charge is 2.32. The highest BCUT2D eigenvalue weighted by atomic mass is 16.1. The third kappa shape index (κ3) is 8.94. The number of pyridine rings is 2. The van der Waals surface area contributed by atoms with Gasteiger partial charge < -0.3 is 0 Å². The molecule has 0 unspecified atom stereocenters.